The van der Waals surface area contributed by atoms with Crippen molar-refractivity contribution in [3.05, 3.63) is 24.3 Å². The molecule has 0 radical (unpaired) electrons. The molecule has 0 saturated carbocycles. The molecule has 0 aromatic carbocycles. The number of carbonyl (C=O) groups excluding carboxylic acids is 1. The van der Waals surface area contributed by atoms with Crippen LogP contribution in [0.4, 0.5) is 8.78 Å². The van der Waals surface area contributed by atoms with E-state index < -0.39 is 24.7 Å². The van der Waals surface area contributed by atoms with Crippen LogP contribution < -0.4 is 0 Å². The molecule has 0 saturated heterocycles. The Morgan fingerprint density at radius 1 is 1.40 bits per heavy atom. The highest BCUT2D eigenvalue weighted by Gasteiger charge is 2.22. The van der Waals surface area contributed by atoms with Crippen LogP contribution >= 0.6 is 0 Å². The summed E-state index contributed by atoms with van der Waals surface area (Å²) in [6, 6.07) is 0. The van der Waals surface area contributed by atoms with Crippen molar-refractivity contribution in [1.29, 1.82) is 0 Å². The molecule has 0 rings (SSSR count). The van der Waals surface area contributed by atoms with Crippen molar-refractivity contribution in [2.45, 2.75) is 26.4 Å². The molecule has 0 aliphatic carbocycles. The molecule has 0 heterocycles. The quantitative estimate of drug-likeness (QED) is 0.362. The smallest absolute Gasteiger partial charge is 0.142 e. The molecule has 0 fully saturated rings. The van der Waals surface area contributed by atoms with Gasteiger partial charge >= 0.3 is 0 Å². The lowest BCUT2D eigenvalue weighted by molar-refractivity contribution is -0.104. The zero-order chi connectivity index (χ0) is 11.7. The van der Waals surface area contributed by atoms with E-state index in [1.54, 1.807) is 19.1 Å². The van der Waals surface area contributed by atoms with Gasteiger partial charge in [0.05, 0.1) is 6.67 Å². The number of rotatable bonds is 7. The van der Waals surface area contributed by atoms with Crippen LogP contribution in [0.1, 0.15) is 20.3 Å². The van der Waals surface area contributed by atoms with Crippen LogP contribution in [0.2, 0.25) is 0 Å². The lowest BCUT2D eigenvalue weighted by Gasteiger charge is -2.20. The fourth-order valence-electron chi connectivity index (χ4n) is 1.30. The van der Waals surface area contributed by atoms with Gasteiger partial charge in [0, 0.05) is 5.92 Å². The van der Waals surface area contributed by atoms with Gasteiger partial charge < -0.3 is 0 Å². The van der Waals surface area contributed by atoms with Gasteiger partial charge in [-0.15, -0.1) is 0 Å². The Hall–Kier alpha value is -0.990. The largest absolute Gasteiger partial charge is 0.299 e. The van der Waals surface area contributed by atoms with Crippen molar-refractivity contribution < 1.29 is 13.6 Å². The van der Waals surface area contributed by atoms with Crippen LogP contribution in [0.15, 0.2) is 24.3 Å². The van der Waals surface area contributed by atoms with E-state index in [2.05, 4.69) is 0 Å². The summed E-state index contributed by atoms with van der Waals surface area (Å²) in [5, 5.41) is 0. The molecule has 0 aliphatic rings. The van der Waals surface area contributed by atoms with E-state index in [0.29, 0.717) is 12.7 Å². The summed E-state index contributed by atoms with van der Waals surface area (Å²) >= 11 is 0. The minimum absolute atomic E-state index is 0.295. The molecule has 0 aromatic heterocycles. The fourth-order valence-corrected chi connectivity index (χ4v) is 1.30. The van der Waals surface area contributed by atoms with Crippen molar-refractivity contribution in [1.82, 2.24) is 0 Å². The van der Waals surface area contributed by atoms with Gasteiger partial charge in [-0.05, 0) is 25.3 Å². The molecule has 0 N–H and O–H groups in total. The third-order valence-corrected chi connectivity index (χ3v) is 2.46. The van der Waals surface area contributed by atoms with Crippen LogP contribution in [0, 0.1) is 11.8 Å². The molecule has 15 heavy (non-hydrogen) atoms. The second-order valence-electron chi connectivity index (χ2n) is 3.52. The van der Waals surface area contributed by atoms with E-state index in [0.717, 1.165) is 0 Å². The molecule has 0 spiro atoms. The first kappa shape index (κ1) is 14.0. The standard InChI is InChI=1S/C12H18F2O/c1-3-4-7-12(14)10(2)11(9-13)6-5-8-15/h3-6,8,10-12H,7,9H2,1-2H3/b4-3-,6-5+/t10-,11?,12?/m1/s1. The topological polar surface area (TPSA) is 17.1 Å². The Labute approximate surface area is 89.9 Å². The highest BCUT2D eigenvalue weighted by Crippen LogP contribution is 2.22. The molecular formula is C12H18F2O. The third kappa shape index (κ3) is 5.45. The molecule has 0 aromatic rings. The molecule has 1 nitrogen and oxygen atoms in total. The fraction of sp³-hybridized carbons (Fsp3) is 0.583. The Balaban J connectivity index is 4.28. The van der Waals surface area contributed by atoms with Gasteiger partial charge in [-0.3, -0.25) is 9.18 Å². The molecule has 0 bridgehead atoms. The van der Waals surface area contributed by atoms with E-state index in [4.69, 9.17) is 0 Å². The lowest BCUT2D eigenvalue weighted by Crippen LogP contribution is -2.22. The van der Waals surface area contributed by atoms with E-state index >= 15 is 0 Å². The number of carbonyl (C=O) groups is 1. The minimum Gasteiger partial charge on any atom is -0.299 e. The number of halogens is 2. The van der Waals surface area contributed by atoms with Gasteiger partial charge in [0.1, 0.15) is 12.5 Å². The summed E-state index contributed by atoms with van der Waals surface area (Å²) in [5.41, 5.74) is 0. The molecule has 86 valence electrons. The van der Waals surface area contributed by atoms with Crippen molar-refractivity contribution in [3.8, 4) is 0 Å². The summed E-state index contributed by atoms with van der Waals surface area (Å²) in [5.74, 6) is -0.933. The first-order valence-electron chi connectivity index (χ1n) is 5.10. The van der Waals surface area contributed by atoms with Gasteiger partial charge in [0.15, 0.2) is 0 Å². The highest BCUT2D eigenvalue weighted by molar-refractivity contribution is 5.64. The molecule has 3 heteroatoms. The number of aldehydes is 1. The van der Waals surface area contributed by atoms with Crippen LogP contribution in [0.25, 0.3) is 0 Å². The molecule has 0 aliphatic heterocycles. The van der Waals surface area contributed by atoms with Crippen LogP contribution in [0.3, 0.4) is 0 Å². The van der Waals surface area contributed by atoms with Gasteiger partial charge in [0.25, 0.3) is 0 Å². The highest BCUT2D eigenvalue weighted by atomic mass is 19.1. The predicted molar refractivity (Wildman–Crippen MR) is 58.2 cm³/mol. The van der Waals surface area contributed by atoms with Crippen LogP contribution in [-0.4, -0.2) is 19.1 Å². The Bertz CT molecular complexity index is 224. The van der Waals surface area contributed by atoms with Crippen LogP contribution in [0.5, 0.6) is 0 Å². The first-order chi connectivity index (χ1) is 7.17. The van der Waals surface area contributed by atoms with Crippen molar-refractivity contribution in [2.24, 2.45) is 11.8 Å². The zero-order valence-corrected chi connectivity index (χ0v) is 9.20. The summed E-state index contributed by atoms with van der Waals surface area (Å²) in [6.45, 7) is 2.84. The van der Waals surface area contributed by atoms with Crippen molar-refractivity contribution in [3.63, 3.8) is 0 Å². The van der Waals surface area contributed by atoms with E-state index in [1.807, 2.05) is 6.92 Å². The van der Waals surface area contributed by atoms with Gasteiger partial charge in [-0.25, -0.2) is 4.39 Å². The zero-order valence-electron chi connectivity index (χ0n) is 9.20. The van der Waals surface area contributed by atoms with Gasteiger partial charge in [-0.1, -0.05) is 25.2 Å². The average Bonchev–Trinajstić information content (AvgIpc) is 2.26. The monoisotopic (exact) mass is 216 g/mol. The van der Waals surface area contributed by atoms with Gasteiger partial charge in [-0.2, -0.15) is 0 Å². The average molecular weight is 216 g/mol. The predicted octanol–water partition coefficient (Wildman–Crippen LogP) is 3.27. The lowest BCUT2D eigenvalue weighted by atomic mass is 9.89. The second kappa shape index (κ2) is 8.33. The SMILES string of the molecule is C/C=C\CC(F)[C@H](C)C(/C=C/C=O)CF. The second-order valence-corrected chi connectivity index (χ2v) is 3.52. The number of alkyl halides is 2. The minimum atomic E-state index is -1.07. The summed E-state index contributed by atoms with van der Waals surface area (Å²) in [7, 11) is 0. The first-order valence-corrected chi connectivity index (χ1v) is 5.10. The number of allylic oxidation sites excluding steroid dienone is 4. The third-order valence-electron chi connectivity index (χ3n) is 2.46. The maximum Gasteiger partial charge on any atom is 0.142 e. The Morgan fingerprint density at radius 2 is 2.07 bits per heavy atom. The van der Waals surface area contributed by atoms with Crippen molar-refractivity contribution >= 4 is 6.29 Å². The normalized spacial score (nSPS) is 18.1. The van der Waals surface area contributed by atoms with E-state index in [1.165, 1.54) is 12.2 Å². The van der Waals surface area contributed by atoms with E-state index in [-0.39, 0.29) is 0 Å². The van der Waals surface area contributed by atoms with Crippen molar-refractivity contribution in [2.75, 3.05) is 6.67 Å². The number of hydrogen-bond acceptors (Lipinski definition) is 1. The summed E-state index contributed by atoms with van der Waals surface area (Å²) < 4.78 is 26.1. The molecule has 2 unspecified atom stereocenters. The molecule has 0 amide bonds. The maximum absolute atomic E-state index is 13.5. The van der Waals surface area contributed by atoms with E-state index in [9.17, 15) is 13.6 Å². The summed E-state index contributed by atoms with van der Waals surface area (Å²) in [6.07, 6.45) is 5.95. The molecular weight excluding hydrogens is 198 g/mol. The molecule has 3 atom stereocenters. The Kier molecular flexibility index (Phi) is 7.78. The number of hydrogen-bond donors (Lipinski definition) is 0. The van der Waals surface area contributed by atoms with Crippen LogP contribution in [-0.2, 0) is 4.79 Å². The Morgan fingerprint density at radius 3 is 2.53 bits per heavy atom. The van der Waals surface area contributed by atoms with Gasteiger partial charge in [0.2, 0.25) is 0 Å². The maximum atomic E-state index is 13.5. The summed E-state index contributed by atoms with van der Waals surface area (Å²) in [4.78, 5) is 10.1.